The smallest absolute Gasteiger partial charge is 0.227 e. The minimum atomic E-state index is -0.0342. The van der Waals surface area contributed by atoms with E-state index in [1.807, 2.05) is 25.1 Å². The lowest BCUT2D eigenvalue weighted by Gasteiger charge is -2.11. The van der Waals surface area contributed by atoms with Gasteiger partial charge in [-0.3, -0.25) is 4.79 Å². The van der Waals surface area contributed by atoms with E-state index in [0.29, 0.717) is 6.54 Å². The van der Waals surface area contributed by atoms with Gasteiger partial charge in [-0.1, -0.05) is 18.9 Å². The second kappa shape index (κ2) is 6.72. The van der Waals surface area contributed by atoms with Crippen LogP contribution in [0.1, 0.15) is 25.3 Å². The monoisotopic (exact) mass is 230 g/mol. The van der Waals surface area contributed by atoms with Crippen molar-refractivity contribution in [3.8, 4) is 12.3 Å². The number of carbonyl (C=O) groups excluding carboxylic acids is 1. The summed E-state index contributed by atoms with van der Waals surface area (Å²) in [5.74, 6) is 2.51. The highest BCUT2D eigenvalue weighted by atomic mass is 16.1. The van der Waals surface area contributed by atoms with Gasteiger partial charge in [0.15, 0.2) is 0 Å². The Morgan fingerprint density at radius 1 is 1.59 bits per heavy atom. The molecule has 1 amide bonds. The topological polar surface area (TPSA) is 55.1 Å². The molecule has 17 heavy (non-hydrogen) atoms. The average Bonchev–Trinajstić information content (AvgIpc) is 2.36. The van der Waals surface area contributed by atoms with E-state index in [-0.39, 0.29) is 11.8 Å². The number of nitrogens with one attached hydrogen (secondary N) is 1. The maximum Gasteiger partial charge on any atom is 0.227 e. The molecule has 3 N–H and O–H groups in total. The van der Waals surface area contributed by atoms with Crippen molar-refractivity contribution in [3.63, 3.8) is 0 Å². The Morgan fingerprint density at radius 3 is 3.00 bits per heavy atom. The number of rotatable bonds is 5. The van der Waals surface area contributed by atoms with E-state index in [4.69, 9.17) is 12.2 Å². The first-order valence-electron chi connectivity index (χ1n) is 5.75. The molecule has 0 bridgehead atoms. The van der Waals surface area contributed by atoms with Gasteiger partial charge in [0.1, 0.15) is 0 Å². The maximum absolute atomic E-state index is 11.8. The molecule has 3 nitrogen and oxygen atoms in total. The molecule has 3 heteroatoms. The highest BCUT2D eigenvalue weighted by Gasteiger charge is 2.12. The second-order valence-corrected chi connectivity index (χ2v) is 4.05. The fourth-order valence-corrected chi connectivity index (χ4v) is 1.51. The number of anilines is 1. The van der Waals surface area contributed by atoms with E-state index in [2.05, 4.69) is 11.2 Å². The van der Waals surface area contributed by atoms with E-state index in [1.165, 1.54) is 0 Å². The molecule has 0 fully saturated rings. The third-order valence-corrected chi connectivity index (χ3v) is 2.59. The lowest BCUT2D eigenvalue weighted by Crippen LogP contribution is -2.21. The lowest BCUT2D eigenvalue weighted by molar-refractivity contribution is -0.119. The summed E-state index contributed by atoms with van der Waals surface area (Å²) in [5.41, 5.74) is 6.92. The highest BCUT2D eigenvalue weighted by molar-refractivity contribution is 5.92. The van der Waals surface area contributed by atoms with E-state index in [1.54, 1.807) is 6.07 Å². The van der Waals surface area contributed by atoms with Crippen LogP contribution in [0.5, 0.6) is 0 Å². The predicted molar refractivity (Wildman–Crippen MR) is 70.5 cm³/mol. The number of terminal acetylenes is 1. The molecule has 0 saturated carbocycles. The van der Waals surface area contributed by atoms with Gasteiger partial charge in [-0.25, -0.2) is 0 Å². The third kappa shape index (κ3) is 4.29. The Labute approximate surface area is 102 Å². The zero-order valence-corrected chi connectivity index (χ0v) is 10.1. The molecule has 0 aliphatic heterocycles. The Bertz CT molecular complexity index is 420. The van der Waals surface area contributed by atoms with Crippen LogP contribution in [0, 0.1) is 18.3 Å². The Balaban J connectivity index is 2.58. The quantitative estimate of drug-likeness (QED) is 0.760. The lowest BCUT2D eigenvalue weighted by atomic mass is 10.0. The predicted octanol–water partition coefficient (Wildman–Crippen LogP) is 1.98. The summed E-state index contributed by atoms with van der Waals surface area (Å²) in [7, 11) is 0. The summed E-state index contributed by atoms with van der Waals surface area (Å²) in [6.45, 7) is 2.51. The van der Waals surface area contributed by atoms with Crippen LogP contribution in [-0.2, 0) is 4.79 Å². The molecule has 1 unspecified atom stereocenters. The number of nitrogens with two attached hydrogens (primary N) is 1. The molecule has 1 rings (SSSR count). The minimum absolute atomic E-state index is 0.00706. The van der Waals surface area contributed by atoms with Gasteiger partial charge in [0.2, 0.25) is 5.91 Å². The van der Waals surface area contributed by atoms with Crippen molar-refractivity contribution < 1.29 is 4.79 Å². The highest BCUT2D eigenvalue weighted by Crippen LogP contribution is 2.13. The summed E-state index contributed by atoms with van der Waals surface area (Å²) < 4.78 is 0. The van der Waals surface area contributed by atoms with Crippen molar-refractivity contribution in [1.29, 1.82) is 0 Å². The first-order valence-corrected chi connectivity index (χ1v) is 5.75. The molecular weight excluding hydrogens is 212 g/mol. The molecule has 1 aromatic carbocycles. The van der Waals surface area contributed by atoms with Crippen LogP contribution in [0.15, 0.2) is 24.3 Å². The number of hydrogen-bond acceptors (Lipinski definition) is 2. The standard InChI is InChI=1S/C14H18N2O/c1-3-12-7-4-8-13(10-12)16-14(17)11(2)6-5-9-15/h1,4,7-8,10-11H,5-6,9,15H2,2H3,(H,16,17). The summed E-state index contributed by atoms with van der Waals surface area (Å²) in [6, 6.07) is 7.27. The Morgan fingerprint density at radius 2 is 2.35 bits per heavy atom. The summed E-state index contributed by atoms with van der Waals surface area (Å²) in [5, 5.41) is 2.85. The van der Waals surface area contributed by atoms with Gasteiger partial charge in [0, 0.05) is 17.2 Å². The molecule has 0 aliphatic carbocycles. The largest absolute Gasteiger partial charge is 0.330 e. The van der Waals surface area contributed by atoms with Crippen molar-refractivity contribution in [2.45, 2.75) is 19.8 Å². The van der Waals surface area contributed by atoms with Crippen molar-refractivity contribution in [1.82, 2.24) is 0 Å². The number of carbonyl (C=O) groups is 1. The number of hydrogen-bond donors (Lipinski definition) is 2. The van der Waals surface area contributed by atoms with Crippen LogP contribution in [0.4, 0.5) is 5.69 Å². The molecule has 1 atom stereocenters. The van der Waals surface area contributed by atoms with Crippen molar-refractivity contribution in [3.05, 3.63) is 29.8 Å². The Kier molecular flexibility index (Phi) is 5.25. The molecule has 1 aromatic rings. The Hall–Kier alpha value is -1.79. The van der Waals surface area contributed by atoms with E-state index >= 15 is 0 Å². The summed E-state index contributed by atoms with van der Waals surface area (Å²) in [6.07, 6.45) is 6.96. The molecule has 0 saturated heterocycles. The van der Waals surface area contributed by atoms with Gasteiger partial charge >= 0.3 is 0 Å². The van der Waals surface area contributed by atoms with Gasteiger partial charge in [-0.15, -0.1) is 6.42 Å². The van der Waals surface area contributed by atoms with Crippen molar-refractivity contribution >= 4 is 11.6 Å². The second-order valence-electron chi connectivity index (χ2n) is 4.05. The van der Waals surface area contributed by atoms with Gasteiger partial charge in [0.05, 0.1) is 0 Å². The third-order valence-electron chi connectivity index (χ3n) is 2.59. The SMILES string of the molecule is C#Cc1cccc(NC(=O)C(C)CCCN)c1. The average molecular weight is 230 g/mol. The zero-order chi connectivity index (χ0) is 12.7. The molecule has 0 spiro atoms. The maximum atomic E-state index is 11.8. The van der Waals surface area contributed by atoms with Crippen LogP contribution in [0.3, 0.4) is 0 Å². The van der Waals surface area contributed by atoms with Crippen molar-refractivity contribution in [2.75, 3.05) is 11.9 Å². The van der Waals surface area contributed by atoms with E-state index in [9.17, 15) is 4.79 Å². The fourth-order valence-electron chi connectivity index (χ4n) is 1.51. The molecular formula is C14H18N2O. The minimum Gasteiger partial charge on any atom is -0.330 e. The molecule has 0 radical (unpaired) electrons. The van der Waals surface area contributed by atoms with Gasteiger partial charge in [0.25, 0.3) is 0 Å². The molecule has 90 valence electrons. The van der Waals surface area contributed by atoms with Crippen LogP contribution in [0.2, 0.25) is 0 Å². The van der Waals surface area contributed by atoms with Gasteiger partial charge in [-0.2, -0.15) is 0 Å². The van der Waals surface area contributed by atoms with E-state index < -0.39 is 0 Å². The van der Waals surface area contributed by atoms with Crippen molar-refractivity contribution in [2.24, 2.45) is 11.7 Å². The first-order chi connectivity index (χ1) is 8.17. The van der Waals surface area contributed by atoms with Crippen LogP contribution < -0.4 is 11.1 Å². The number of amides is 1. The molecule has 0 aliphatic rings. The summed E-state index contributed by atoms with van der Waals surface area (Å²) >= 11 is 0. The number of benzene rings is 1. The first kappa shape index (κ1) is 13.3. The summed E-state index contributed by atoms with van der Waals surface area (Å²) in [4.78, 5) is 11.8. The fraction of sp³-hybridized carbons (Fsp3) is 0.357. The van der Waals surface area contributed by atoms with E-state index in [0.717, 1.165) is 24.1 Å². The van der Waals surface area contributed by atoms with Crippen LogP contribution in [-0.4, -0.2) is 12.5 Å². The normalized spacial score (nSPS) is 11.6. The zero-order valence-electron chi connectivity index (χ0n) is 10.1. The van der Waals surface area contributed by atoms with Crippen LogP contribution in [0.25, 0.3) is 0 Å². The van der Waals surface area contributed by atoms with Gasteiger partial charge < -0.3 is 11.1 Å². The molecule has 0 aromatic heterocycles. The van der Waals surface area contributed by atoms with Gasteiger partial charge in [-0.05, 0) is 37.6 Å². The molecule has 0 heterocycles. The van der Waals surface area contributed by atoms with Crippen LogP contribution >= 0.6 is 0 Å².